The van der Waals surface area contributed by atoms with E-state index >= 15 is 0 Å². The molecule has 0 aliphatic heterocycles. The van der Waals surface area contributed by atoms with Crippen molar-refractivity contribution in [2.24, 2.45) is 0 Å². The van der Waals surface area contributed by atoms with Crippen LogP contribution in [0.5, 0.6) is 0 Å². The lowest BCUT2D eigenvalue weighted by Gasteiger charge is -2.09. The molecule has 0 spiro atoms. The number of rotatable bonds is 4. The molecule has 0 fully saturated rings. The van der Waals surface area contributed by atoms with Gasteiger partial charge in [0.05, 0.1) is 21.4 Å². The highest BCUT2D eigenvalue weighted by Crippen LogP contribution is 2.31. The van der Waals surface area contributed by atoms with E-state index in [2.05, 4.69) is 24.4 Å². The van der Waals surface area contributed by atoms with Crippen LogP contribution in [-0.2, 0) is 13.0 Å². The van der Waals surface area contributed by atoms with E-state index < -0.39 is 0 Å². The second-order valence-electron chi connectivity index (χ2n) is 3.93. The fraction of sp³-hybridized carbons (Fsp3) is 0.231. The van der Waals surface area contributed by atoms with E-state index in [1.807, 2.05) is 0 Å². The quantitative estimate of drug-likeness (QED) is 0.795. The zero-order valence-electron chi connectivity index (χ0n) is 9.97. The van der Waals surface area contributed by atoms with Gasteiger partial charge in [0, 0.05) is 16.3 Å². The third-order valence-corrected chi connectivity index (χ3v) is 4.56. The van der Waals surface area contributed by atoms with E-state index in [4.69, 9.17) is 28.9 Å². The molecule has 0 atom stereocenters. The zero-order valence-corrected chi connectivity index (χ0v) is 12.3. The summed E-state index contributed by atoms with van der Waals surface area (Å²) in [4.78, 5) is 2.66. The minimum atomic E-state index is 0.476. The first-order valence-electron chi connectivity index (χ1n) is 5.66. The second-order valence-corrected chi connectivity index (χ2v) is 6.00. The van der Waals surface area contributed by atoms with E-state index in [1.54, 1.807) is 23.5 Å². The fourth-order valence-corrected chi connectivity index (χ4v) is 2.84. The number of hydrogen-bond donors (Lipinski definition) is 2. The number of benzene rings is 1. The van der Waals surface area contributed by atoms with Crippen molar-refractivity contribution in [2.45, 2.75) is 19.9 Å². The topological polar surface area (TPSA) is 38.0 Å². The third kappa shape index (κ3) is 3.10. The lowest BCUT2D eigenvalue weighted by atomic mass is 10.2. The van der Waals surface area contributed by atoms with Crippen LogP contribution in [0.2, 0.25) is 10.0 Å². The Morgan fingerprint density at radius 2 is 1.83 bits per heavy atom. The predicted octanol–water partition coefficient (Wildman–Crippen LogP) is 4.81. The maximum atomic E-state index is 5.97. The van der Waals surface area contributed by atoms with Crippen LogP contribution >= 0.6 is 34.5 Å². The van der Waals surface area contributed by atoms with Crippen molar-refractivity contribution < 1.29 is 0 Å². The SMILES string of the molecule is CCc1ccc(CNc2cc(Cl)c(Cl)cc2N)s1. The second kappa shape index (κ2) is 5.83. The first-order valence-corrected chi connectivity index (χ1v) is 7.23. The molecule has 0 saturated heterocycles. The fourth-order valence-electron chi connectivity index (χ4n) is 1.61. The van der Waals surface area contributed by atoms with Gasteiger partial charge in [-0.15, -0.1) is 11.3 Å². The van der Waals surface area contributed by atoms with Crippen molar-refractivity contribution in [1.29, 1.82) is 0 Å². The zero-order chi connectivity index (χ0) is 13.1. The lowest BCUT2D eigenvalue weighted by molar-refractivity contribution is 1.19. The molecule has 2 aromatic rings. The van der Waals surface area contributed by atoms with Gasteiger partial charge in [-0.3, -0.25) is 0 Å². The molecular weight excluding hydrogens is 287 g/mol. The van der Waals surface area contributed by atoms with Crippen LogP contribution in [0.15, 0.2) is 24.3 Å². The standard InChI is InChI=1S/C13H14Cl2N2S/c1-2-8-3-4-9(18-8)7-17-13-6-11(15)10(14)5-12(13)16/h3-6,17H,2,7,16H2,1H3. The number of nitrogen functional groups attached to an aromatic ring is 1. The van der Waals surface area contributed by atoms with Crippen LogP contribution in [0, 0.1) is 0 Å². The van der Waals surface area contributed by atoms with Crippen molar-refractivity contribution in [2.75, 3.05) is 11.1 Å². The molecule has 2 rings (SSSR count). The van der Waals surface area contributed by atoms with E-state index in [0.717, 1.165) is 18.7 Å². The van der Waals surface area contributed by atoms with Crippen molar-refractivity contribution in [1.82, 2.24) is 0 Å². The van der Waals surface area contributed by atoms with E-state index in [1.165, 1.54) is 9.75 Å². The van der Waals surface area contributed by atoms with Crippen LogP contribution in [0.4, 0.5) is 11.4 Å². The number of nitrogens with one attached hydrogen (secondary N) is 1. The summed E-state index contributed by atoms with van der Waals surface area (Å²) in [7, 11) is 0. The Labute approximate surface area is 121 Å². The highest BCUT2D eigenvalue weighted by atomic mass is 35.5. The maximum absolute atomic E-state index is 5.97. The Morgan fingerprint density at radius 3 is 2.50 bits per heavy atom. The first-order chi connectivity index (χ1) is 8.60. The minimum absolute atomic E-state index is 0.476. The van der Waals surface area contributed by atoms with Gasteiger partial charge in [-0.25, -0.2) is 0 Å². The number of aryl methyl sites for hydroxylation is 1. The molecule has 2 nitrogen and oxygen atoms in total. The van der Waals surface area contributed by atoms with Gasteiger partial charge in [0.2, 0.25) is 0 Å². The molecule has 96 valence electrons. The molecule has 1 aromatic heterocycles. The minimum Gasteiger partial charge on any atom is -0.397 e. The molecule has 5 heteroatoms. The third-order valence-electron chi connectivity index (χ3n) is 2.61. The van der Waals surface area contributed by atoms with Crippen LogP contribution in [0.3, 0.4) is 0 Å². The highest BCUT2D eigenvalue weighted by molar-refractivity contribution is 7.12. The number of anilines is 2. The molecule has 1 heterocycles. The van der Waals surface area contributed by atoms with Crippen molar-refractivity contribution >= 4 is 45.9 Å². The number of nitrogens with two attached hydrogens (primary N) is 1. The molecular formula is C13H14Cl2N2S. The van der Waals surface area contributed by atoms with Crippen molar-refractivity contribution in [3.63, 3.8) is 0 Å². The van der Waals surface area contributed by atoms with Crippen LogP contribution in [0.1, 0.15) is 16.7 Å². The largest absolute Gasteiger partial charge is 0.397 e. The molecule has 0 aliphatic rings. The summed E-state index contributed by atoms with van der Waals surface area (Å²) in [5.74, 6) is 0. The molecule has 1 aromatic carbocycles. The number of halogens is 2. The summed E-state index contributed by atoms with van der Waals surface area (Å²) in [6, 6.07) is 7.70. The van der Waals surface area contributed by atoms with Gasteiger partial charge in [-0.05, 0) is 30.7 Å². The number of thiophene rings is 1. The molecule has 18 heavy (non-hydrogen) atoms. The Hall–Kier alpha value is -0.900. The molecule has 0 unspecified atom stereocenters. The molecule has 0 aliphatic carbocycles. The van der Waals surface area contributed by atoms with E-state index in [9.17, 15) is 0 Å². The van der Waals surface area contributed by atoms with Gasteiger partial charge >= 0.3 is 0 Å². The monoisotopic (exact) mass is 300 g/mol. The normalized spacial score (nSPS) is 10.6. The smallest absolute Gasteiger partial charge is 0.0614 e. The van der Waals surface area contributed by atoms with Crippen LogP contribution in [-0.4, -0.2) is 0 Å². The summed E-state index contributed by atoms with van der Waals surface area (Å²) in [5, 5.41) is 4.26. The molecule has 0 bridgehead atoms. The highest BCUT2D eigenvalue weighted by Gasteiger charge is 2.05. The van der Waals surface area contributed by atoms with Crippen LogP contribution < -0.4 is 11.1 Å². The van der Waals surface area contributed by atoms with Gasteiger partial charge in [-0.2, -0.15) is 0 Å². The van der Waals surface area contributed by atoms with Gasteiger partial charge < -0.3 is 11.1 Å². The molecule has 0 saturated carbocycles. The predicted molar refractivity (Wildman–Crippen MR) is 81.9 cm³/mol. The summed E-state index contributed by atoms with van der Waals surface area (Å²) < 4.78 is 0. The Bertz CT molecular complexity index is 552. The van der Waals surface area contributed by atoms with Crippen molar-refractivity contribution in [3.8, 4) is 0 Å². The summed E-state index contributed by atoms with van der Waals surface area (Å²) in [6.45, 7) is 2.90. The summed E-state index contributed by atoms with van der Waals surface area (Å²) >= 11 is 13.7. The maximum Gasteiger partial charge on any atom is 0.0614 e. The summed E-state index contributed by atoms with van der Waals surface area (Å²) in [6.07, 6.45) is 1.07. The molecule has 0 radical (unpaired) electrons. The lowest BCUT2D eigenvalue weighted by Crippen LogP contribution is -2.01. The van der Waals surface area contributed by atoms with Crippen LogP contribution in [0.25, 0.3) is 0 Å². The average Bonchev–Trinajstić information content (AvgIpc) is 2.80. The molecule has 0 amide bonds. The van der Waals surface area contributed by atoms with Gasteiger partial charge in [0.1, 0.15) is 0 Å². The Balaban J connectivity index is 2.08. The van der Waals surface area contributed by atoms with Gasteiger partial charge in [-0.1, -0.05) is 30.1 Å². The Morgan fingerprint density at radius 1 is 1.17 bits per heavy atom. The number of hydrogen-bond acceptors (Lipinski definition) is 3. The van der Waals surface area contributed by atoms with E-state index in [-0.39, 0.29) is 0 Å². The first kappa shape index (κ1) is 13.5. The average molecular weight is 301 g/mol. The van der Waals surface area contributed by atoms with E-state index in [0.29, 0.717) is 15.7 Å². The van der Waals surface area contributed by atoms with Crippen molar-refractivity contribution in [3.05, 3.63) is 44.1 Å². The van der Waals surface area contributed by atoms with Gasteiger partial charge in [0.25, 0.3) is 0 Å². The Kier molecular flexibility index (Phi) is 4.38. The summed E-state index contributed by atoms with van der Waals surface area (Å²) in [5.41, 5.74) is 7.31. The van der Waals surface area contributed by atoms with Gasteiger partial charge in [0.15, 0.2) is 0 Å². The molecule has 3 N–H and O–H groups in total.